The molecule has 0 saturated heterocycles. The first-order valence-corrected chi connectivity index (χ1v) is 8.20. The van der Waals surface area contributed by atoms with Crippen molar-refractivity contribution in [3.8, 4) is 11.5 Å². The predicted molar refractivity (Wildman–Crippen MR) is 102 cm³/mol. The van der Waals surface area contributed by atoms with E-state index in [-0.39, 0.29) is 16.8 Å². The van der Waals surface area contributed by atoms with Crippen LogP contribution in [-0.2, 0) is 0 Å². The van der Waals surface area contributed by atoms with Crippen LogP contribution in [0.3, 0.4) is 0 Å². The van der Waals surface area contributed by atoms with E-state index in [1.54, 1.807) is 12.1 Å². The maximum atomic E-state index is 12.9. The molecule has 0 radical (unpaired) electrons. The minimum atomic E-state index is -0.487. The molecule has 0 spiro atoms. The van der Waals surface area contributed by atoms with Gasteiger partial charge in [0.2, 0.25) is 5.43 Å². The molecule has 4 rings (SSSR count). The fraction of sp³-hybridized carbons (Fsp3) is 0.150. The molecular formula is C20H17N3O3. The van der Waals surface area contributed by atoms with Gasteiger partial charge in [-0.15, -0.1) is 0 Å². The summed E-state index contributed by atoms with van der Waals surface area (Å²) in [5, 5.41) is 3.64. The molecule has 6 nitrogen and oxygen atoms in total. The standard InChI is InChI=1S/C20H17N3O3/c1-21-20(25)16-18(24)13-7-5-4-6-12(13)17-19(16)26-15-10-11(23(2)3)8-9-14(15)22-17/h4-10H,1-3H3,(H,21,25). The molecule has 0 aromatic heterocycles. The molecular weight excluding hydrogens is 330 g/mol. The Labute approximate surface area is 149 Å². The van der Waals surface area contributed by atoms with Gasteiger partial charge in [-0.3, -0.25) is 9.59 Å². The number of carbonyl (C=O) groups excluding carboxylic acids is 1. The molecule has 1 aliphatic heterocycles. The van der Waals surface area contributed by atoms with E-state index in [4.69, 9.17) is 9.40 Å². The van der Waals surface area contributed by atoms with Crippen molar-refractivity contribution >= 4 is 33.5 Å². The molecule has 1 N–H and O–H groups in total. The third kappa shape index (κ3) is 2.30. The van der Waals surface area contributed by atoms with E-state index in [0.717, 1.165) is 5.69 Å². The van der Waals surface area contributed by atoms with Gasteiger partial charge in [-0.05, 0) is 12.1 Å². The molecule has 1 amide bonds. The Balaban J connectivity index is 2.21. The van der Waals surface area contributed by atoms with E-state index >= 15 is 0 Å². The van der Waals surface area contributed by atoms with E-state index in [1.165, 1.54) is 7.05 Å². The van der Waals surface area contributed by atoms with E-state index < -0.39 is 5.91 Å². The fourth-order valence-electron chi connectivity index (χ4n) is 3.09. The number of hydrogen-bond acceptors (Lipinski definition) is 5. The zero-order valence-corrected chi connectivity index (χ0v) is 14.7. The second kappa shape index (κ2) is 5.84. The molecule has 0 bridgehead atoms. The zero-order chi connectivity index (χ0) is 18.4. The molecule has 0 saturated carbocycles. The summed E-state index contributed by atoms with van der Waals surface area (Å²) in [6.07, 6.45) is 0. The molecule has 130 valence electrons. The van der Waals surface area contributed by atoms with Gasteiger partial charge in [0.1, 0.15) is 16.8 Å². The van der Waals surface area contributed by atoms with E-state index in [0.29, 0.717) is 27.6 Å². The molecule has 2 aromatic rings. The van der Waals surface area contributed by atoms with E-state index in [1.807, 2.05) is 49.3 Å². The number of anilines is 1. The lowest BCUT2D eigenvalue weighted by molar-refractivity contribution is 0.0961. The normalized spacial score (nSPS) is 11.2. The molecule has 1 heterocycles. The predicted octanol–water partition coefficient (Wildman–Crippen LogP) is 2.87. The van der Waals surface area contributed by atoms with Gasteiger partial charge in [0.05, 0.1) is 0 Å². The monoisotopic (exact) mass is 347 g/mol. The quantitative estimate of drug-likeness (QED) is 0.446. The van der Waals surface area contributed by atoms with Gasteiger partial charge < -0.3 is 14.6 Å². The van der Waals surface area contributed by atoms with Gasteiger partial charge in [-0.25, -0.2) is 4.98 Å². The summed E-state index contributed by atoms with van der Waals surface area (Å²) in [6, 6.07) is 12.8. The van der Waals surface area contributed by atoms with E-state index in [9.17, 15) is 9.59 Å². The van der Waals surface area contributed by atoms with Crippen LogP contribution in [0.15, 0.2) is 51.7 Å². The molecule has 26 heavy (non-hydrogen) atoms. The highest BCUT2D eigenvalue weighted by Gasteiger charge is 2.26. The summed E-state index contributed by atoms with van der Waals surface area (Å²) in [4.78, 5) is 31.9. The number of nitrogens with zero attached hydrogens (tertiary/aromatic N) is 2. The molecule has 0 unspecified atom stereocenters. The second-order valence-electron chi connectivity index (χ2n) is 6.27. The molecule has 0 atom stereocenters. The van der Waals surface area contributed by atoms with Crippen molar-refractivity contribution in [3.05, 3.63) is 58.3 Å². The average molecular weight is 347 g/mol. The smallest absolute Gasteiger partial charge is 0.258 e. The number of aromatic nitrogens is 1. The topological polar surface area (TPSA) is 75.4 Å². The number of hydrogen-bond donors (Lipinski definition) is 1. The maximum Gasteiger partial charge on any atom is 0.258 e. The Morgan fingerprint density at radius 3 is 2.54 bits per heavy atom. The van der Waals surface area contributed by atoms with Crippen LogP contribution in [0.5, 0.6) is 0 Å². The summed E-state index contributed by atoms with van der Waals surface area (Å²) < 4.78 is 6.03. The summed E-state index contributed by atoms with van der Waals surface area (Å²) in [5.74, 6) is -0.282. The second-order valence-corrected chi connectivity index (χ2v) is 6.27. The molecule has 2 aliphatic rings. The number of benzene rings is 3. The lowest BCUT2D eigenvalue weighted by atomic mass is 9.99. The lowest BCUT2D eigenvalue weighted by Crippen LogP contribution is -2.27. The van der Waals surface area contributed by atoms with Gasteiger partial charge in [0.25, 0.3) is 5.91 Å². The van der Waals surface area contributed by atoms with Gasteiger partial charge in [0.15, 0.2) is 11.3 Å². The van der Waals surface area contributed by atoms with Crippen molar-refractivity contribution in [2.45, 2.75) is 0 Å². The van der Waals surface area contributed by atoms with Crippen molar-refractivity contribution in [2.24, 2.45) is 0 Å². The molecule has 2 aromatic carbocycles. The fourth-order valence-corrected chi connectivity index (χ4v) is 3.09. The van der Waals surface area contributed by atoms with Crippen LogP contribution in [0.1, 0.15) is 10.4 Å². The number of fused-ring (bicyclic) bond motifs is 4. The van der Waals surface area contributed by atoms with Crippen LogP contribution < -0.4 is 15.6 Å². The maximum absolute atomic E-state index is 12.9. The van der Waals surface area contributed by atoms with Crippen molar-refractivity contribution < 1.29 is 9.21 Å². The average Bonchev–Trinajstić information content (AvgIpc) is 2.66. The Bertz CT molecular complexity index is 1190. The van der Waals surface area contributed by atoms with Crippen LogP contribution in [0.25, 0.3) is 33.3 Å². The first-order chi connectivity index (χ1) is 12.5. The summed E-state index contributed by atoms with van der Waals surface area (Å²) in [6.45, 7) is 0. The van der Waals surface area contributed by atoms with E-state index in [2.05, 4.69) is 5.32 Å². The van der Waals surface area contributed by atoms with Gasteiger partial charge in [0, 0.05) is 43.7 Å². The number of rotatable bonds is 2. The summed E-state index contributed by atoms with van der Waals surface area (Å²) in [5.41, 5.74) is 2.24. The van der Waals surface area contributed by atoms with Crippen molar-refractivity contribution in [3.63, 3.8) is 0 Å². The third-order valence-electron chi connectivity index (χ3n) is 4.45. The van der Waals surface area contributed by atoms with Crippen molar-refractivity contribution in [1.82, 2.24) is 10.3 Å². The SMILES string of the molecule is CNC(=O)c1c2oc3cc(N(C)C)ccc3nc-2c2ccccc2c1=O. The van der Waals surface area contributed by atoms with Crippen LogP contribution in [0, 0.1) is 0 Å². The van der Waals surface area contributed by atoms with Gasteiger partial charge >= 0.3 is 0 Å². The zero-order valence-electron chi connectivity index (χ0n) is 14.7. The summed E-state index contributed by atoms with van der Waals surface area (Å²) in [7, 11) is 5.34. The van der Waals surface area contributed by atoms with Gasteiger partial charge in [-0.1, -0.05) is 24.3 Å². The molecule has 0 fully saturated rings. The number of carbonyl (C=O) groups is 1. The van der Waals surface area contributed by atoms with Crippen LogP contribution >= 0.6 is 0 Å². The molecule has 6 heteroatoms. The highest BCUT2D eigenvalue weighted by molar-refractivity contribution is 6.08. The Kier molecular flexibility index (Phi) is 3.61. The number of amides is 1. The largest absolute Gasteiger partial charge is 0.452 e. The first-order valence-electron chi connectivity index (χ1n) is 8.20. The summed E-state index contributed by atoms with van der Waals surface area (Å²) >= 11 is 0. The van der Waals surface area contributed by atoms with Crippen LogP contribution in [0.4, 0.5) is 5.69 Å². The highest BCUT2D eigenvalue weighted by Crippen LogP contribution is 2.33. The number of nitrogens with one attached hydrogen (secondary N) is 1. The van der Waals surface area contributed by atoms with Crippen LogP contribution in [0.2, 0.25) is 0 Å². The Morgan fingerprint density at radius 2 is 1.85 bits per heavy atom. The molecule has 1 aliphatic carbocycles. The van der Waals surface area contributed by atoms with Gasteiger partial charge in [-0.2, -0.15) is 0 Å². The Morgan fingerprint density at radius 1 is 1.12 bits per heavy atom. The van der Waals surface area contributed by atoms with Crippen LogP contribution in [-0.4, -0.2) is 32.0 Å². The highest BCUT2D eigenvalue weighted by atomic mass is 16.3. The van der Waals surface area contributed by atoms with Crippen molar-refractivity contribution in [1.29, 1.82) is 0 Å². The Hall–Kier alpha value is -3.41. The first kappa shape index (κ1) is 16.1. The lowest BCUT2D eigenvalue weighted by Gasteiger charge is -2.15. The third-order valence-corrected chi connectivity index (χ3v) is 4.45. The minimum absolute atomic E-state index is 0.0224. The minimum Gasteiger partial charge on any atom is -0.452 e. The van der Waals surface area contributed by atoms with Crippen molar-refractivity contribution in [2.75, 3.05) is 26.0 Å².